The third-order valence-corrected chi connectivity index (χ3v) is 4.00. The first-order valence-corrected chi connectivity index (χ1v) is 8.80. The van der Waals surface area contributed by atoms with Crippen molar-refractivity contribution < 1.29 is 19.1 Å². The summed E-state index contributed by atoms with van der Waals surface area (Å²) in [6.45, 7) is 1.48. The van der Waals surface area contributed by atoms with Gasteiger partial charge in [-0.2, -0.15) is 0 Å². The van der Waals surface area contributed by atoms with Gasteiger partial charge in [0.2, 0.25) is 5.91 Å². The standard InChI is InChI=1S/C19H19BrN2O4/c1-13-4-2-3-5-16(13)22-18(24)12-26-19(25)11-10-17(23)21-15-8-6-14(20)7-9-15/h2-9H,10-12H2,1H3,(H,21,23)(H,22,24). The molecule has 0 spiro atoms. The van der Waals surface area contributed by atoms with Crippen molar-refractivity contribution in [1.29, 1.82) is 0 Å². The predicted molar refractivity (Wildman–Crippen MR) is 103 cm³/mol. The smallest absolute Gasteiger partial charge is 0.306 e. The van der Waals surface area contributed by atoms with Crippen LogP contribution in [0.1, 0.15) is 18.4 Å². The van der Waals surface area contributed by atoms with Gasteiger partial charge in [-0.05, 0) is 42.8 Å². The van der Waals surface area contributed by atoms with Crippen molar-refractivity contribution >= 4 is 45.1 Å². The Morgan fingerprint density at radius 2 is 1.62 bits per heavy atom. The Labute approximate surface area is 160 Å². The molecule has 26 heavy (non-hydrogen) atoms. The fourth-order valence-electron chi connectivity index (χ4n) is 2.09. The third kappa shape index (κ3) is 6.68. The molecule has 7 heteroatoms. The van der Waals surface area contributed by atoms with Gasteiger partial charge >= 0.3 is 5.97 Å². The molecule has 0 aromatic heterocycles. The van der Waals surface area contributed by atoms with E-state index in [0.717, 1.165) is 10.0 Å². The summed E-state index contributed by atoms with van der Waals surface area (Å²) in [4.78, 5) is 35.3. The summed E-state index contributed by atoms with van der Waals surface area (Å²) in [5.41, 5.74) is 2.23. The molecular weight excluding hydrogens is 400 g/mol. The minimum Gasteiger partial charge on any atom is -0.456 e. The molecule has 0 aliphatic rings. The number of aryl methyl sites for hydroxylation is 1. The van der Waals surface area contributed by atoms with Crippen LogP contribution in [0.3, 0.4) is 0 Å². The molecule has 2 aromatic carbocycles. The quantitative estimate of drug-likeness (QED) is 0.671. The van der Waals surface area contributed by atoms with Gasteiger partial charge in [-0.25, -0.2) is 0 Å². The molecule has 0 saturated heterocycles. The maximum atomic E-state index is 11.8. The van der Waals surface area contributed by atoms with Crippen molar-refractivity contribution in [2.75, 3.05) is 17.2 Å². The van der Waals surface area contributed by atoms with E-state index >= 15 is 0 Å². The van der Waals surface area contributed by atoms with Gasteiger partial charge in [-0.15, -0.1) is 0 Å². The number of carbonyl (C=O) groups is 3. The van der Waals surface area contributed by atoms with Crippen molar-refractivity contribution in [3.05, 3.63) is 58.6 Å². The number of rotatable bonds is 7. The first-order valence-electron chi connectivity index (χ1n) is 8.00. The Morgan fingerprint density at radius 3 is 2.31 bits per heavy atom. The number of carbonyl (C=O) groups excluding carboxylic acids is 3. The molecule has 0 aliphatic heterocycles. The second-order valence-electron chi connectivity index (χ2n) is 5.58. The lowest BCUT2D eigenvalue weighted by Gasteiger charge is -2.09. The lowest BCUT2D eigenvalue weighted by atomic mass is 10.2. The SMILES string of the molecule is Cc1ccccc1NC(=O)COC(=O)CCC(=O)Nc1ccc(Br)cc1. The molecule has 136 valence electrons. The van der Waals surface area contributed by atoms with E-state index in [2.05, 4.69) is 26.6 Å². The van der Waals surface area contributed by atoms with Gasteiger partial charge in [-0.1, -0.05) is 34.1 Å². The Balaban J connectivity index is 1.68. The topological polar surface area (TPSA) is 84.5 Å². The Bertz CT molecular complexity index is 790. The van der Waals surface area contributed by atoms with Crippen molar-refractivity contribution in [2.45, 2.75) is 19.8 Å². The molecule has 0 aliphatic carbocycles. The van der Waals surface area contributed by atoms with Crippen LogP contribution < -0.4 is 10.6 Å². The molecule has 0 bridgehead atoms. The number of esters is 1. The van der Waals surface area contributed by atoms with E-state index in [-0.39, 0.29) is 25.4 Å². The van der Waals surface area contributed by atoms with Crippen LogP contribution in [-0.4, -0.2) is 24.4 Å². The van der Waals surface area contributed by atoms with Crippen molar-refractivity contribution in [3.63, 3.8) is 0 Å². The van der Waals surface area contributed by atoms with E-state index in [0.29, 0.717) is 11.4 Å². The fourth-order valence-corrected chi connectivity index (χ4v) is 2.35. The summed E-state index contributed by atoms with van der Waals surface area (Å²) < 4.78 is 5.80. The number of anilines is 2. The lowest BCUT2D eigenvalue weighted by Crippen LogP contribution is -2.22. The van der Waals surface area contributed by atoms with Gasteiger partial charge in [0.15, 0.2) is 6.61 Å². The van der Waals surface area contributed by atoms with E-state index in [1.807, 2.05) is 19.1 Å². The van der Waals surface area contributed by atoms with Crippen molar-refractivity contribution in [3.8, 4) is 0 Å². The highest BCUT2D eigenvalue weighted by molar-refractivity contribution is 9.10. The minimum absolute atomic E-state index is 0.0195. The minimum atomic E-state index is -0.601. The van der Waals surface area contributed by atoms with Crippen LogP contribution in [-0.2, 0) is 19.1 Å². The van der Waals surface area contributed by atoms with Crippen LogP contribution in [0.15, 0.2) is 53.0 Å². The second-order valence-corrected chi connectivity index (χ2v) is 6.49. The normalized spacial score (nSPS) is 10.1. The van der Waals surface area contributed by atoms with Crippen LogP contribution in [0.25, 0.3) is 0 Å². The number of halogens is 1. The molecule has 2 amide bonds. The van der Waals surface area contributed by atoms with Gasteiger partial charge < -0.3 is 15.4 Å². The van der Waals surface area contributed by atoms with Gasteiger partial charge in [0.1, 0.15) is 0 Å². The van der Waals surface area contributed by atoms with Gasteiger partial charge in [-0.3, -0.25) is 14.4 Å². The zero-order valence-electron chi connectivity index (χ0n) is 14.3. The zero-order valence-corrected chi connectivity index (χ0v) is 15.8. The second kappa shape index (κ2) is 9.72. The average Bonchev–Trinajstić information content (AvgIpc) is 2.62. The van der Waals surface area contributed by atoms with Crippen molar-refractivity contribution in [2.24, 2.45) is 0 Å². The third-order valence-electron chi connectivity index (χ3n) is 3.47. The van der Waals surface area contributed by atoms with Gasteiger partial charge in [0.05, 0.1) is 6.42 Å². The maximum absolute atomic E-state index is 11.8. The van der Waals surface area contributed by atoms with Crippen LogP contribution in [0.2, 0.25) is 0 Å². The van der Waals surface area contributed by atoms with E-state index in [1.54, 1.807) is 36.4 Å². The molecule has 2 N–H and O–H groups in total. The number of hydrogen-bond acceptors (Lipinski definition) is 4. The molecule has 0 radical (unpaired) electrons. The van der Waals surface area contributed by atoms with Crippen LogP contribution >= 0.6 is 15.9 Å². The largest absolute Gasteiger partial charge is 0.456 e. The predicted octanol–water partition coefficient (Wildman–Crippen LogP) is 3.66. The lowest BCUT2D eigenvalue weighted by molar-refractivity contribution is -0.147. The number of benzene rings is 2. The van der Waals surface area contributed by atoms with E-state index in [9.17, 15) is 14.4 Å². The van der Waals surface area contributed by atoms with Gasteiger partial charge in [0, 0.05) is 22.3 Å². The average molecular weight is 419 g/mol. The fraction of sp³-hybridized carbons (Fsp3) is 0.211. The summed E-state index contributed by atoms with van der Waals surface area (Å²) in [6, 6.07) is 14.4. The summed E-state index contributed by atoms with van der Waals surface area (Å²) in [7, 11) is 0. The molecular formula is C19H19BrN2O4. The Hall–Kier alpha value is -2.67. The Morgan fingerprint density at radius 1 is 0.923 bits per heavy atom. The number of para-hydroxylation sites is 1. The highest BCUT2D eigenvalue weighted by Gasteiger charge is 2.11. The number of ether oxygens (including phenoxy) is 1. The summed E-state index contributed by atoms with van der Waals surface area (Å²) >= 11 is 3.31. The summed E-state index contributed by atoms with van der Waals surface area (Å²) in [6.07, 6.45) is -0.117. The molecule has 2 aromatic rings. The number of nitrogens with one attached hydrogen (secondary N) is 2. The highest BCUT2D eigenvalue weighted by atomic mass is 79.9. The van der Waals surface area contributed by atoms with Crippen LogP contribution in [0.5, 0.6) is 0 Å². The van der Waals surface area contributed by atoms with E-state index in [1.165, 1.54) is 0 Å². The molecule has 2 rings (SSSR count). The monoisotopic (exact) mass is 418 g/mol. The molecule has 0 heterocycles. The molecule has 0 atom stereocenters. The van der Waals surface area contributed by atoms with Crippen LogP contribution in [0.4, 0.5) is 11.4 Å². The molecule has 0 unspecified atom stereocenters. The molecule has 0 saturated carbocycles. The first-order chi connectivity index (χ1) is 12.4. The maximum Gasteiger partial charge on any atom is 0.306 e. The summed E-state index contributed by atoms with van der Waals surface area (Å²) in [5.74, 6) is -1.32. The highest BCUT2D eigenvalue weighted by Crippen LogP contribution is 2.15. The van der Waals surface area contributed by atoms with E-state index < -0.39 is 11.9 Å². The first kappa shape index (κ1) is 19.7. The summed E-state index contributed by atoms with van der Waals surface area (Å²) in [5, 5.41) is 5.35. The molecule has 6 nitrogen and oxygen atoms in total. The molecule has 0 fully saturated rings. The number of hydrogen-bond donors (Lipinski definition) is 2. The van der Waals surface area contributed by atoms with Gasteiger partial charge in [0.25, 0.3) is 5.91 Å². The number of amides is 2. The Kier molecular flexibility index (Phi) is 7.35. The van der Waals surface area contributed by atoms with Crippen molar-refractivity contribution in [1.82, 2.24) is 0 Å². The van der Waals surface area contributed by atoms with E-state index in [4.69, 9.17) is 4.74 Å². The zero-order chi connectivity index (χ0) is 18.9. The van der Waals surface area contributed by atoms with Crippen LogP contribution in [0, 0.1) is 6.92 Å².